The molecule has 0 fully saturated rings. The summed E-state index contributed by atoms with van der Waals surface area (Å²) in [5, 5.41) is 12.3. The normalized spacial score (nSPS) is 10.9. The van der Waals surface area contributed by atoms with Crippen LogP contribution in [0.3, 0.4) is 0 Å². The van der Waals surface area contributed by atoms with Gasteiger partial charge in [-0.2, -0.15) is 0 Å². The van der Waals surface area contributed by atoms with Gasteiger partial charge in [-0.3, -0.25) is 0 Å². The first-order valence-corrected chi connectivity index (χ1v) is 5.46. The zero-order valence-electron chi connectivity index (χ0n) is 6.75. The summed E-state index contributed by atoms with van der Waals surface area (Å²) in [6.45, 7) is 0.0128. The minimum Gasteiger partial charge on any atom is -0.398 e. The molecule has 2 aromatic rings. The third-order valence-corrected chi connectivity index (χ3v) is 3.78. The van der Waals surface area contributed by atoms with E-state index in [0.29, 0.717) is 5.69 Å². The van der Waals surface area contributed by atoms with E-state index in [9.17, 15) is 5.11 Å². The molecule has 0 atom stereocenters. The number of nitrogens with two attached hydrogens (primary N) is 1. The van der Waals surface area contributed by atoms with Gasteiger partial charge in [0, 0.05) is 20.4 Å². The number of aliphatic hydroxyl groups excluding tert-OH is 1. The van der Waals surface area contributed by atoms with Crippen LogP contribution < -0.4 is 5.73 Å². The summed E-state index contributed by atoms with van der Waals surface area (Å²) >= 11 is 4.99. The summed E-state index contributed by atoms with van der Waals surface area (Å²) in [7, 11) is 0. The number of hydrogen-bond acceptors (Lipinski definition) is 3. The lowest BCUT2D eigenvalue weighted by Crippen LogP contribution is -1.92. The van der Waals surface area contributed by atoms with E-state index in [0.717, 1.165) is 20.1 Å². The van der Waals surface area contributed by atoms with Gasteiger partial charge in [-0.1, -0.05) is 0 Å². The smallest absolute Gasteiger partial charge is 0.0700 e. The molecule has 0 aliphatic carbocycles. The Hall–Kier alpha value is -0.580. The quantitative estimate of drug-likeness (QED) is 0.772. The highest BCUT2D eigenvalue weighted by molar-refractivity contribution is 9.10. The fraction of sp³-hybridized carbons (Fsp3) is 0.111. The van der Waals surface area contributed by atoms with Gasteiger partial charge in [-0.25, -0.2) is 0 Å². The molecule has 13 heavy (non-hydrogen) atoms. The van der Waals surface area contributed by atoms with Gasteiger partial charge in [-0.05, 0) is 38.8 Å². The molecule has 0 saturated heterocycles. The van der Waals surface area contributed by atoms with Crippen LogP contribution in [0, 0.1) is 0 Å². The van der Waals surface area contributed by atoms with Gasteiger partial charge < -0.3 is 10.8 Å². The van der Waals surface area contributed by atoms with Gasteiger partial charge in [0.2, 0.25) is 0 Å². The van der Waals surface area contributed by atoms with E-state index in [-0.39, 0.29) is 6.61 Å². The Morgan fingerprint density at radius 1 is 1.54 bits per heavy atom. The number of thiophene rings is 1. The minimum atomic E-state index is 0.0128. The zero-order chi connectivity index (χ0) is 9.42. The van der Waals surface area contributed by atoms with Crippen molar-refractivity contribution in [1.82, 2.24) is 0 Å². The van der Waals surface area contributed by atoms with Gasteiger partial charge in [0.1, 0.15) is 0 Å². The highest BCUT2D eigenvalue weighted by Crippen LogP contribution is 2.34. The van der Waals surface area contributed by atoms with E-state index < -0.39 is 0 Å². The van der Waals surface area contributed by atoms with Crippen molar-refractivity contribution in [2.45, 2.75) is 6.61 Å². The van der Waals surface area contributed by atoms with E-state index in [1.165, 1.54) is 0 Å². The third kappa shape index (κ3) is 1.35. The fourth-order valence-electron chi connectivity index (χ4n) is 1.33. The largest absolute Gasteiger partial charge is 0.398 e. The molecule has 1 aromatic carbocycles. The molecule has 4 heteroatoms. The molecule has 0 radical (unpaired) electrons. The van der Waals surface area contributed by atoms with E-state index >= 15 is 0 Å². The Morgan fingerprint density at radius 2 is 2.31 bits per heavy atom. The van der Waals surface area contributed by atoms with Crippen LogP contribution in [0.25, 0.3) is 10.1 Å². The molecular weight excluding hydrogens is 250 g/mol. The van der Waals surface area contributed by atoms with E-state index in [1.807, 2.05) is 17.5 Å². The predicted molar refractivity (Wildman–Crippen MR) is 59.9 cm³/mol. The van der Waals surface area contributed by atoms with Crippen molar-refractivity contribution in [3.05, 3.63) is 27.5 Å². The number of halogens is 1. The second-order valence-corrected chi connectivity index (χ2v) is 4.49. The Bertz CT molecular complexity index is 452. The summed E-state index contributed by atoms with van der Waals surface area (Å²) in [6, 6.07) is 3.92. The van der Waals surface area contributed by atoms with Crippen LogP contribution in [0.15, 0.2) is 22.0 Å². The highest BCUT2D eigenvalue weighted by atomic mass is 79.9. The van der Waals surface area contributed by atoms with Crippen molar-refractivity contribution >= 4 is 43.0 Å². The SMILES string of the molecule is Nc1cc2sccc2c(CO)c1Br. The summed E-state index contributed by atoms with van der Waals surface area (Å²) in [6.07, 6.45) is 0. The topological polar surface area (TPSA) is 46.2 Å². The average molecular weight is 258 g/mol. The highest BCUT2D eigenvalue weighted by Gasteiger charge is 2.09. The first-order valence-electron chi connectivity index (χ1n) is 3.79. The molecule has 0 unspecified atom stereocenters. The maximum Gasteiger partial charge on any atom is 0.0700 e. The number of nitrogen functional groups attached to an aromatic ring is 1. The fourth-order valence-corrected chi connectivity index (χ4v) is 2.65. The second kappa shape index (κ2) is 3.29. The lowest BCUT2D eigenvalue weighted by Gasteiger charge is -2.05. The van der Waals surface area contributed by atoms with Crippen molar-refractivity contribution in [3.63, 3.8) is 0 Å². The standard InChI is InChI=1S/C9H8BrNOS/c10-9-6(4-12)5-1-2-13-8(5)3-7(9)11/h1-3,12H,4,11H2. The molecule has 0 aliphatic heterocycles. The van der Waals surface area contributed by atoms with E-state index in [4.69, 9.17) is 5.73 Å². The molecule has 0 spiro atoms. The van der Waals surface area contributed by atoms with Crippen molar-refractivity contribution in [2.24, 2.45) is 0 Å². The molecule has 2 rings (SSSR count). The van der Waals surface area contributed by atoms with Crippen LogP contribution in [-0.2, 0) is 6.61 Å². The van der Waals surface area contributed by atoms with Gasteiger partial charge in [0.15, 0.2) is 0 Å². The molecule has 3 N–H and O–H groups in total. The maximum atomic E-state index is 9.18. The van der Waals surface area contributed by atoms with Crippen LogP contribution in [0.4, 0.5) is 5.69 Å². The van der Waals surface area contributed by atoms with Crippen LogP contribution in [0.5, 0.6) is 0 Å². The van der Waals surface area contributed by atoms with Crippen LogP contribution in [0.2, 0.25) is 0 Å². The zero-order valence-corrected chi connectivity index (χ0v) is 9.15. The summed E-state index contributed by atoms with van der Waals surface area (Å²) < 4.78 is 1.92. The van der Waals surface area contributed by atoms with Gasteiger partial charge in [-0.15, -0.1) is 11.3 Å². The van der Waals surface area contributed by atoms with Gasteiger partial charge >= 0.3 is 0 Å². The average Bonchev–Trinajstić information content (AvgIpc) is 2.54. The summed E-state index contributed by atoms with van der Waals surface area (Å²) in [4.78, 5) is 0. The summed E-state index contributed by atoms with van der Waals surface area (Å²) in [5.74, 6) is 0. The molecule has 2 nitrogen and oxygen atoms in total. The number of rotatable bonds is 1. The van der Waals surface area contributed by atoms with Crippen molar-refractivity contribution in [2.75, 3.05) is 5.73 Å². The maximum absolute atomic E-state index is 9.18. The Labute approximate surface area is 88.1 Å². The van der Waals surface area contributed by atoms with Crippen molar-refractivity contribution < 1.29 is 5.11 Å². The van der Waals surface area contributed by atoms with Crippen molar-refractivity contribution in [1.29, 1.82) is 0 Å². The number of anilines is 1. The lowest BCUT2D eigenvalue weighted by atomic mass is 10.1. The molecule has 68 valence electrons. The van der Waals surface area contributed by atoms with Crippen molar-refractivity contribution in [3.8, 4) is 0 Å². The Kier molecular flexibility index (Phi) is 2.27. The number of benzene rings is 1. The predicted octanol–water partition coefficient (Wildman–Crippen LogP) is 2.74. The number of aliphatic hydroxyl groups is 1. The third-order valence-electron chi connectivity index (χ3n) is 1.98. The minimum absolute atomic E-state index is 0.0128. The number of fused-ring (bicyclic) bond motifs is 1. The molecule has 1 heterocycles. The molecule has 0 amide bonds. The van der Waals surface area contributed by atoms with E-state index in [1.54, 1.807) is 11.3 Å². The van der Waals surface area contributed by atoms with Gasteiger partial charge in [0.25, 0.3) is 0 Å². The van der Waals surface area contributed by atoms with Crippen LogP contribution in [0.1, 0.15) is 5.56 Å². The van der Waals surface area contributed by atoms with Crippen LogP contribution >= 0.6 is 27.3 Å². The first-order chi connectivity index (χ1) is 6.24. The first kappa shape index (κ1) is 8.99. The molecule has 0 aliphatic rings. The Morgan fingerprint density at radius 3 is 3.00 bits per heavy atom. The van der Waals surface area contributed by atoms with E-state index in [2.05, 4.69) is 15.9 Å². The van der Waals surface area contributed by atoms with Gasteiger partial charge in [0.05, 0.1) is 6.61 Å². The Balaban J connectivity index is 2.87. The molecule has 0 saturated carbocycles. The lowest BCUT2D eigenvalue weighted by molar-refractivity contribution is 0.282. The molecule has 1 aromatic heterocycles. The number of hydrogen-bond donors (Lipinski definition) is 2. The summed E-state index contributed by atoms with van der Waals surface area (Å²) in [5.41, 5.74) is 7.32. The second-order valence-electron chi connectivity index (χ2n) is 2.75. The molecular formula is C9H8BrNOS. The monoisotopic (exact) mass is 257 g/mol. The van der Waals surface area contributed by atoms with Crippen LogP contribution in [-0.4, -0.2) is 5.11 Å². The molecule has 0 bridgehead atoms.